The van der Waals surface area contributed by atoms with E-state index in [4.69, 9.17) is 11.6 Å². The maximum absolute atomic E-state index is 6.09. The van der Waals surface area contributed by atoms with E-state index in [0.29, 0.717) is 0 Å². The molecule has 0 aromatic heterocycles. The zero-order chi connectivity index (χ0) is 13.8. The fraction of sp³-hybridized carbons (Fsp3) is 0.333. The third kappa shape index (κ3) is 3.41. The van der Waals surface area contributed by atoms with E-state index in [1.807, 2.05) is 6.07 Å². The van der Waals surface area contributed by atoms with Crippen LogP contribution in [0.4, 0.5) is 0 Å². The Kier molecular flexibility index (Phi) is 4.39. The predicted octanol–water partition coefficient (Wildman–Crippen LogP) is 4.33. The van der Waals surface area contributed by atoms with Crippen LogP contribution in [0.25, 0.3) is 0 Å². The van der Waals surface area contributed by atoms with Crippen molar-refractivity contribution in [1.29, 1.82) is 0 Å². The first-order chi connectivity index (χ1) is 9.81. The van der Waals surface area contributed by atoms with Gasteiger partial charge in [-0.1, -0.05) is 48.0 Å². The molecular formula is C18H20ClN. The van der Waals surface area contributed by atoms with Crippen LogP contribution < -0.4 is 0 Å². The van der Waals surface area contributed by atoms with Crippen molar-refractivity contribution in [1.82, 2.24) is 4.90 Å². The van der Waals surface area contributed by atoms with Gasteiger partial charge in [0.1, 0.15) is 0 Å². The Morgan fingerprint density at radius 3 is 2.70 bits per heavy atom. The Morgan fingerprint density at radius 2 is 1.85 bits per heavy atom. The molecule has 1 aliphatic heterocycles. The molecule has 2 aromatic rings. The van der Waals surface area contributed by atoms with Gasteiger partial charge in [-0.2, -0.15) is 0 Å². The molecule has 2 heteroatoms. The van der Waals surface area contributed by atoms with Crippen molar-refractivity contribution < 1.29 is 0 Å². The molecule has 0 saturated heterocycles. The summed E-state index contributed by atoms with van der Waals surface area (Å²) in [7, 11) is 0. The highest BCUT2D eigenvalue weighted by atomic mass is 35.5. The van der Waals surface area contributed by atoms with E-state index in [9.17, 15) is 0 Å². The van der Waals surface area contributed by atoms with Gasteiger partial charge < -0.3 is 0 Å². The summed E-state index contributed by atoms with van der Waals surface area (Å²) in [6.07, 6.45) is 3.54. The second-order valence-corrected chi connectivity index (χ2v) is 5.96. The van der Waals surface area contributed by atoms with Gasteiger partial charge in [-0.15, -0.1) is 0 Å². The van der Waals surface area contributed by atoms with E-state index >= 15 is 0 Å². The normalized spacial score (nSPS) is 15.1. The minimum atomic E-state index is 0.856. The first kappa shape index (κ1) is 13.7. The van der Waals surface area contributed by atoms with E-state index in [1.165, 1.54) is 42.6 Å². The third-order valence-corrected chi connectivity index (χ3v) is 4.28. The molecule has 1 aliphatic rings. The second kappa shape index (κ2) is 6.43. The minimum absolute atomic E-state index is 0.856. The lowest BCUT2D eigenvalue weighted by Crippen LogP contribution is -2.31. The van der Waals surface area contributed by atoms with Gasteiger partial charge in [0.25, 0.3) is 0 Å². The lowest BCUT2D eigenvalue weighted by atomic mass is 9.99. The van der Waals surface area contributed by atoms with E-state index < -0.39 is 0 Å². The van der Waals surface area contributed by atoms with Gasteiger partial charge in [0, 0.05) is 18.1 Å². The first-order valence-corrected chi connectivity index (χ1v) is 7.73. The van der Waals surface area contributed by atoms with Crippen molar-refractivity contribution in [3.63, 3.8) is 0 Å². The maximum atomic E-state index is 6.09. The Hall–Kier alpha value is -1.31. The summed E-state index contributed by atoms with van der Waals surface area (Å²) < 4.78 is 0. The molecule has 0 aliphatic carbocycles. The number of halogens is 1. The van der Waals surface area contributed by atoms with E-state index in [1.54, 1.807) is 0 Å². The molecule has 0 atom stereocenters. The molecule has 1 heterocycles. The van der Waals surface area contributed by atoms with Gasteiger partial charge in [0.05, 0.1) is 0 Å². The van der Waals surface area contributed by atoms with Crippen LogP contribution in [0.1, 0.15) is 23.1 Å². The van der Waals surface area contributed by atoms with Crippen molar-refractivity contribution in [2.75, 3.05) is 13.1 Å². The Balaban J connectivity index is 1.53. The molecule has 104 valence electrons. The SMILES string of the molecule is Clc1ccc2c(c1)CN(CCCc1ccccc1)CC2. The van der Waals surface area contributed by atoms with Gasteiger partial charge in [-0.25, -0.2) is 0 Å². The van der Waals surface area contributed by atoms with Gasteiger partial charge >= 0.3 is 0 Å². The van der Waals surface area contributed by atoms with Gasteiger partial charge in [0.15, 0.2) is 0 Å². The summed E-state index contributed by atoms with van der Waals surface area (Å²) >= 11 is 6.09. The summed E-state index contributed by atoms with van der Waals surface area (Å²) in [5.41, 5.74) is 4.31. The largest absolute Gasteiger partial charge is 0.299 e. The highest BCUT2D eigenvalue weighted by Crippen LogP contribution is 2.22. The van der Waals surface area contributed by atoms with Gasteiger partial charge in [-0.05, 0) is 54.6 Å². The Morgan fingerprint density at radius 1 is 1.00 bits per heavy atom. The van der Waals surface area contributed by atoms with Crippen LogP contribution in [-0.4, -0.2) is 18.0 Å². The molecule has 0 unspecified atom stereocenters. The van der Waals surface area contributed by atoms with Crippen molar-refractivity contribution in [2.45, 2.75) is 25.8 Å². The third-order valence-electron chi connectivity index (χ3n) is 4.04. The summed E-state index contributed by atoms with van der Waals surface area (Å²) in [6.45, 7) is 3.38. The average molecular weight is 286 g/mol. The molecule has 20 heavy (non-hydrogen) atoms. The number of benzene rings is 2. The molecule has 0 radical (unpaired) electrons. The van der Waals surface area contributed by atoms with Crippen molar-refractivity contribution in [3.8, 4) is 0 Å². The molecule has 0 N–H and O–H groups in total. The first-order valence-electron chi connectivity index (χ1n) is 7.35. The van der Waals surface area contributed by atoms with Crippen LogP contribution in [0.2, 0.25) is 5.02 Å². The van der Waals surface area contributed by atoms with Crippen molar-refractivity contribution >= 4 is 11.6 Å². The van der Waals surface area contributed by atoms with E-state index in [-0.39, 0.29) is 0 Å². The number of nitrogens with zero attached hydrogens (tertiary/aromatic N) is 1. The number of rotatable bonds is 4. The highest BCUT2D eigenvalue weighted by molar-refractivity contribution is 6.30. The molecule has 2 aromatic carbocycles. The standard InChI is InChI=1S/C18H20ClN/c19-18-9-8-16-10-12-20(14-17(16)13-18)11-4-7-15-5-2-1-3-6-15/h1-3,5-6,8-9,13H,4,7,10-12,14H2. The van der Waals surface area contributed by atoms with Crippen molar-refractivity contribution in [2.24, 2.45) is 0 Å². The summed E-state index contributed by atoms with van der Waals surface area (Å²) in [5, 5.41) is 0.856. The summed E-state index contributed by atoms with van der Waals surface area (Å²) in [6, 6.07) is 17.1. The minimum Gasteiger partial charge on any atom is -0.299 e. The predicted molar refractivity (Wildman–Crippen MR) is 85.2 cm³/mol. The Labute approximate surface area is 126 Å². The second-order valence-electron chi connectivity index (χ2n) is 5.53. The number of fused-ring (bicyclic) bond motifs is 1. The van der Waals surface area contributed by atoms with Crippen LogP contribution in [0.3, 0.4) is 0 Å². The maximum Gasteiger partial charge on any atom is 0.0409 e. The summed E-state index contributed by atoms with van der Waals surface area (Å²) in [5.74, 6) is 0. The number of hydrogen-bond donors (Lipinski definition) is 0. The molecule has 0 amide bonds. The molecule has 0 bridgehead atoms. The Bertz CT molecular complexity index is 565. The number of hydrogen-bond acceptors (Lipinski definition) is 1. The molecule has 0 fully saturated rings. The zero-order valence-corrected chi connectivity index (χ0v) is 12.4. The van der Waals surface area contributed by atoms with Crippen LogP contribution in [0.15, 0.2) is 48.5 Å². The van der Waals surface area contributed by atoms with Crippen LogP contribution in [0.5, 0.6) is 0 Å². The van der Waals surface area contributed by atoms with Crippen LogP contribution in [-0.2, 0) is 19.4 Å². The molecule has 0 spiro atoms. The fourth-order valence-corrected chi connectivity index (χ4v) is 3.12. The summed E-state index contributed by atoms with van der Waals surface area (Å²) in [4.78, 5) is 2.54. The van der Waals surface area contributed by atoms with Gasteiger partial charge in [0.2, 0.25) is 0 Å². The topological polar surface area (TPSA) is 3.24 Å². The number of aryl methyl sites for hydroxylation is 1. The fourth-order valence-electron chi connectivity index (χ4n) is 2.93. The van der Waals surface area contributed by atoms with Crippen molar-refractivity contribution in [3.05, 3.63) is 70.2 Å². The highest BCUT2D eigenvalue weighted by Gasteiger charge is 2.15. The zero-order valence-electron chi connectivity index (χ0n) is 11.7. The smallest absolute Gasteiger partial charge is 0.0409 e. The van der Waals surface area contributed by atoms with Crippen LogP contribution >= 0.6 is 11.6 Å². The average Bonchev–Trinajstić information content (AvgIpc) is 2.48. The monoisotopic (exact) mass is 285 g/mol. The quantitative estimate of drug-likeness (QED) is 0.808. The molecule has 0 saturated carbocycles. The molecule has 3 rings (SSSR count). The molecule has 1 nitrogen and oxygen atoms in total. The van der Waals surface area contributed by atoms with Gasteiger partial charge in [-0.3, -0.25) is 4.90 Å². The molecular weight excluding hydrogens is 266 g/mol. The van der Waals surface area contributed by atoms with E-state index in [0.717, 1.165) is 18.0 Å². The lowest BCUT2D eigenvalue weighted by Gasteiger charge is -2.28. The lowest BCUT2D eigenvalue weighted by molar-refractivity contribution is 0.251. The van der Waals surface area contributed by atoms with Crippen LogP contribution in [0, 0.1) is 0 Å². The van der Waals surface area contributed by atoms with E-state index in [2.05, 4.69) is 47.4 Å².